The fourth-order valence-electron chi connectivity index (χ4n) is 2.87. The summed E-state index contributed by atoms with van der Waals surface area (Å²) in [5.41, 5.74) is 0. The van der Waals surface area contributed by atoms with E-state index >= 15 is 0 Å². The number of unbranched alkanes of at least 4 members (excludes halogenated alkanes) is 9. The van der Waals surface area contributed by atoms with Crippen molar-refractivity contribution in [2.45, 2.75) is 96.4 Å². The Morgan fingerprint density at radius 2 is 1.67 bits per heavy atom. The van der Waals surface area contributed by atoms with Crippen LogP contribution in [0.5, 0.6) is 0 Å². The number of hydrogen-bond acceptors (Lipinski definition) is 3. The van der Waals surface area contributed by atoms with Crippen molar-refractivity contribution in [3.63, 3.8) is 0 Å². The molecular formula is C20H35NO3. The van der Waals surface area contributed by atoms with Crippen LogP contribution < -0.4 is 5.32 Å². The monoisotopic (exact) mass is 337 g/mol. The van der Waals surface area contributed by atoms with Gasteiger partial charge in [-0.1, -0.05) is 64.0 Å². The number of nitrogens with one attached hydrogen (secondary N) is 1. The summed E-state index contributed by atoms with van der Waals surface area (Å²) in [6, 6.07) is -0.409. The van der Waals surface area contributed by atoms with Gasteiger partial charge in [0.25, 0.3) is 0 Å². The van der Waals surface area contributed by atoms with E-state index in [-0.39, 0.29) is 11.9 Å². The normalized spacial score (nSPS) is 17.4. The van der Waals surface area contributed by atoms with Crippen LogP contribution in [0.3, 0.4) is 0 Å². The molecule has 0 aromatic rings. The molecule has 1 N–H and O–H groups in total. The molecular weight excluding hydrogens is 302 g/mol. The maximum absolute atomic E-state index is 11.7. The van der Waals surface area contributed by atoms with Crippen molar-refractivity contribution in [2.24, 2.45) is 0 Å². The summed E-state index contributed by atoms with van der Waals surface area (Å²) in [5.74, 6) is -0.318. The summed E-state index contributed by atoms with van der Waals surface area (Å²) in [6.45, 7) is 2.71. The highest BCUT2D eigenvalue weighted by molar-refractivity contribution is 5.87. The number of esters is 1. The zero-order chi connectivity index (χ0) is 17.5. The lowest BCUT2D eigenvalue weighted by atomic mass is 10.1. The molecule has 0 spiro atoms. The van der Waals surface area contributed by atoms with Crippen LogP contribution >= 0.6 is 0 Å². The van der Waals surface area contributed by atoms with E-state index in [1.165, 1.54) is 57.8 Å². The molecule has 1 saturated heterocycles. The van der Waals surface area contributed by atoms with Crippen molar-refractivity contribution in [2.75, 3.05) is 6.61 Å². The molecule has 1 heterocycles. The van der Waals surface area contributed by atoms with Gasteiger partial charge in [0.2, 0.25) is 5.91 Å². The lowest BCUT2D eigenvalue weighted by Crippen LogP contribution is -2.34. The first-order valence-corrected chi connectivity index (χ1v) is 9.85. The predicted molar refractivity (Wildman–Crippen MR) is 97.7 cm³/mol. The molecule has 1 rings (SSSR count). The van der Waals surface area contributed by atoms with Gasteiger partial charge in [0.15, 0.2) is 0 Å². The molecule has 0 aromatic heterocycles. The maximum atomic E-state index is 11.7. The smallest absolute Gasteiger partial charge is 0.328 e. The first kappa shape index (κ1) is 20.7. The van der Waals surface area contributed by atoms with E-state index in [9.17, 15) is 9.59 Å². The highest BCUT2D eigenvalue weighted by Crippen LogP contribution is 2.11. The van der Waals surface area contributed by atoms with E-state index < -0.39 is 6.04 Å². The van der Waals surface area contributed by atoms with Gasteiger partial charge in [-0.3, -0.25) is 4.79 Å². The molecule has 138 valence electrons. The number of amides is 1. The molecule has 1 fully saturated rings. The van der Waals surface area contributed by atoms with E-state index in [1.807, 2.05) is 0 Å². The Hall–Kier alpha value is -1.32. The summed E-state index contributed by atoms with van der Waals surface area (Å²) < 4.78 is 5.21. The first-order valence-electron chi connectivity index (χ1n) is 9.85. The zero-order valence-electron chi connectivity index (χ0n) is 15.4. The maximum Gasteiger partial charge on any atom is 0.328 e. The number of hydrogen-bond donors (Lipinski definition) is 1. The van der Waals surface area contributed by atoms with Crippen molar-refractivity contribution >= 4 is 11.9 Å². The standard InChI is InChI=1S/C20H35NO3/c1-2-3-4-5-6-7-8-9-10-11-12-13-14-17-24-20(23)18-15-16-19(22)21-18/h5-6,18H,2-4,7-17H2,1H3,(H,21,22)/b6-5+/t18-/m0/s1. The molecule has 0 unspecified atom stereocenters. The number of ether oxygens (including phenoxy) is 1. The van der Waals surface area contributed by atoms with E-state index in [2.05, 4.69) is 24.4 Å². The molecule has 4 nitrogen and oxygen atoms in total. The lowest BCUT2D eigenvalue weighted by Gasteiger charge is -2.09. The summed E-state index contributed by atoms with van der Waals surface area (Å²) in [4.78, 5) is 22.7. The van der Waals surface area contributed by atoms with Gasteiger partial charge in [-0.15, -0.1) is 0 Å². The third-order valence-corrected chi connectivity index (χ3v) is 4.43. The van der Waals surface area contributed by atoms with Crippen LogP contribution in [0.25, 0.3) is 0 Å². The van der Waals surface area contributed by atoms with E-state index in [1.54, 1.807) is 0 Å². The molecule has 0 bridgehead atoms. The van der Waals surface area contributed by atoms with Crippen molar-refractivity contribution in [3.05, 3.63) is 12.2 Å². The van der Waals surface area contributed by atoms with Crippen LogP contribution in [0, 0.1) is 0 Å². The molecule has 1 atom stereocenters. The second kappa shape index (κ2) is 14.1. The Bertz CT molecular complexity index is 379. The van der Waals surface area contributed by atoms with Crippen LogP contribution in [0.4, 0.5) is 0 Å². The van der Waals surface area contributed by atoms with E-state index in [0.29, 0.717) is 19.4 Å². The van der Waals surface area contributed by atoms with Crippen molar-refractivity contribution in [1.82, 2.24) is 5.32 Å². The van der Waals surface area contributed by atoms with Gasteiger partial charge in [-0.25, -0.2) is 4.79 Å². The summed E-state index contributed by atoms with van der Waals surface area (Å²) in [5, 5.41) is 2.63. The Balaban J connectivity index is 1.80. The van der Waals surface area contributed by atoms with Crippen LogP contribution in [0.2, 0.25) is 0 Å². The summed E-state index contributed by atoms with van der Waals surface area (Å²) in [7, 11) is 0. The van der Waals surface area contributed by atoms with Crippen LogP contribution in [-0.2, 0) is 14.3 Å². The average Bonchev–Trinajstić information content (AvgIpc) is 3.01. The highest BCUT2D eigenvalue weighted by Gasteiger charge is 2.28. The second-order valence-corrected chi connectivity index (χ2v) is 6.70. The Morgan fingerprint density at radius 3 is 2.29 bits per heavy atom. The van der Waals surface area contributed by atoms with Gasteiger partial charge < -0.3 is 10.1 Å². The fraction of sp³-hybridized carbons (Fsp3) is 0.800. The molecule has 0 aromatic carbocycles. The molecule has 1 aliphatic rings. The van der Waals surface area contributed by atoms with Crippen LogP contribution in [0.15, 0.2) is 12.2 Å². The Labute approximate surface area is 147 Å². The molecule has 1 amide bonds. The molecule has 24 heavy (non-hydrogen) atoms. The average molecular weight is 338 g/mol. The Kier molecular flexibility index (Phi) is 12.1. The third-order valence-electron chi connectivity index (χ3n) is 4.43. The van der Waals surface area contributed by atoms with E-state index in [4.69, 9.17) is 4.74 Å². The molecule has 1 aliphatic heterocycles. The minimum atomic E-state index is -0.409. The van der Waals surface area contributed by atoms with Crippen molar-refractivity contribution < 1.29 is 14.3 Å². The molecule has 4 heteroatoms. The molecule has 0 radical (unpaired) electrons. The minimum Gasteiger partial charge on any atom is -0.464 e. The lowest BCUT2D eigenvalue weighted by molar-refractivity contribution is -0.146. The zero-order valence-corrected chi connectivity index (χ0v) is 15.4. The predicted octanol–water partition coefficient (Wildman–Crippen LogP) is 4.68. The SMILES string of the molecule is CCCC/C=C/CCCCCCCCCOC(=O)[C@@H]1CCC(=O)N1. The molecule has 0 saturated carbocycles. The Morgan fingerprint density at radius 1 is 1.04 bits per heavy atom. The number of carbonyl (C=O) groups excluding carboxylic acids is 2. The topological polar surface area (TPSA) is 55.4 Å². The van der Waals surface area contributed by atoms with Gasteiger partial charge in [0.1, 0.15) is 6.04 Å². The number of carbonyl (C=O) groups is 2. The molecule has 0 aliphatic carbocycles. The second-order valence-electron chi connectivity index (χ2n) is 6.70. The van der Waals surface area contributed by atoms with Gasteiger partial charge in [-0.2, -0.15) is 0 Å². The summed E-state index contributed by atoms with van der Waals surface area (Å²) in [6.07, 6.45) is 19.1. The van der Waals surface area contributed by atoms with Gasteiger partial charge in [0, 0.05) is 6.42 Å². The van der Waals surface area contributed by atoms with Crippen LogP contribution in [-0.4, -0.2) is 24.5 Å². The summed E-state index contributed by atoms with van der Waals surface area (Å²) >= 11 is 0. The largest absolute Gasteiger partial charge is 0.464 e. The number of allylic oxidation sites excluding steroid dienone is 2. The highest BCUT2D eigenvalue weighted by atomic mass is 16.5. The number of rotatable bonds is 14. The first-order chi connectivity index (χ1) is 11.7. The van der Waals surface area contributed by atoms with Gasteiger partial charge in [-0.05, 0) is 32.1 Å². The van der Waals surface area contributed by atoms with E-state index in [0.717, 1.165) is 12.8 Å². The van der Waals surface area contributed by atoms with Gasteiger partial charge >= 0.3 is 5.97 Å². The minimum absolute atomic E-state index is 0.0478. The quantitative estimate of drug-likeness (QED) is 0.284. The third kappa shape index (κ3) is 10.5. The van der Waals surface area contributed by atoms with Gasteiger partial charge in [0.05, 0.1) is 6.61 Å². The van der Waals surface area contributed by atoms with Crippen molar-refractivity contribution in [3.8, 4) is 0 Å². The fourth-order valence-corrected chi connectivity index (χ4v) is 2.87. The van der Waals surface area contributed by atoms with Crippen molar-refractivity contribution in [1.29, 1.82) is 0 Å². The van der Waals surface area contributed by atoms with Crippen LogP contribution in [0.1, 0.15) is 90.4 Å².